The van der Waals surface area contributed by atoms with Crippen molar-refractivity contribution < 1.29 is 14.3 Å². The van der Waals surface area contributed by atoms with Gasteiger partial charge in [-0.05, 0) is 26.0 Å². The minimum Gasteiger partial charge on any atom is -0.495 e. The van der Waals surface area contributed by atoms with Gasteiger partial charge in [-0.25, -0.2) is 0 Å². The summed E-state index contributed by atoms with van der Waals surface area (Å²) in [6, 6.07) is 8.06. The van der Waals surface area contributed by atoms with E-state index >= 15 is 0 Å². The van der Waals surface area contributed by atoms with Crippen molar-refractivity contribution in [3.05, 3.63) is 24.3 Å². The van der Waals surface area contributed by atoms with Gasteiger partial charge < -0.3 is 19.3 Å². The molecular formula is C19H29N3O3. The maximum Gasteiger partial charge on any atom is 0.236 e. The van der Waals surface area contributed by atoms with Crippen molar-refractivity contribution >= 4 is 11.6 Å². The molecule has 2 heterocycles. The number of ether oxygens (including phenoxy) is 2. The first kappa shape index (κ1) is 18.0. The van der Waals surface area contributed by atoms with Crippen LogP contribution in [0.4, 0.5) is 5.69 Å². The van der Waals surface area contributed by atoms with E-state index in [9.17, 15) is 4.79 Å². The molecule has 1 aromatic carbocycles. The van der Waals surface area contributed by atoms with Gasteiger partial charge in [-0.3, -0.25) is 9.69 Å². The zero-order valence-electron chi connectivity index (χ0n) is 15.5. The molecular weight excluding hydrogens is 318 g/mol. The molecule has 0 aliphatic carbocycles. The number of nitrogens with zero attached hydrogens (tertiary/aromatic N) is 3. The monoisotopic (exact) mass is 347 g/mol. The van der Waals surface area contributed by atoms with E-state index in [4.69, 9.17) is 9.47 Å². The van der Waals surface area contributed by atoms with Gasteiger partial charge in [0.05, 0.1) is 31.5 Å². The summed E-state index contributed by atoms with van der Waals surface area (Å²) >= 11 is 0. The number of amides is 1. The van der Waals surface area contributed by atoms with Gasteiger partial charge in [-0.1, -0.05) is 12.1 Å². The Morgan fingerprint density at radius 1 is 1.12 bits per heavy atom. The first-order chi connectivity index (χ1) is 12.1. The van der Waals surface area contributed by atoms with Crippen LogP contribution in [0.1, 0.15) is 13.8 Å². The number of para-hydroxylation sites is 2. The molecule has 1 aromatic rings. The Morgan fingerprint density at radius 3 is 2.40 bits per heavy atom. The average Bonchev–Trinajstić information content (AvgIpc) is 2.61. The second kappa shape index (κ2) is 8.06. The van der Waals surface area contributed by atoms with Gasteiger partial charge in [0.1, 0.15) is 5.75 Å². The molecule has 0 unspecified atom stereocenters. The molecule has 0 saturated carbocycles. The maximum atomic E-state index is 12.6. The van der Waals surface area contributed by atoms with E-state index < -0.39 is 0 Å². The Kier molecular flexibility index (Phi) is 5.81. The number of methoxy groups -OCH3 is 1. The highest BCUT2D eigenvalue weighted by Gasteiger charge is 2.27. The van der Waals surface area contributed by atoms with Crippen LogP contribution in [-0.4, -0.2) is 80.8 Å². The Labute approximate surface area is 150 Å². The fourth-order valence-corrected chi connectivity index (χ4v) is 3.79. The van der Waals surface area contributed by atoms with Crippen LogP contribution >= 0.6 is 0 Å². The first-order valence-electron chi connectivity index (χ1n) is 9.10. The van der Waals surface area contributed by atoms with Crippen LogP contribution in [0.3, 0.4) is 0 Å². The maximum absolute atomic E-state index is 12.6. The highest BCUT2D eigenvalue weighted by molar-refractivity contribution is 5.78. The third kappa shape index (κ3) is 4.44. The van der Waals surface area contributed by atoms with Gasteiger partial charge in [0, 0.05) is 39.3 Å². The van der Waals surface area contributed by atoms with E-state index in [0.29, 0.717) is 6.54 Å². The molecule has 3 rings (SSSR count). The lowest BCUT2D eigenvalue weighted by molar-refractivity contribution is -0.136. The lowest BCUT2D eigenvalue weighted by Crippen LogP contribution is -2.54. The second-order valence-corrected chi connectivity index (χ2v) is 6.99. The van der Waals surface area contributed by atoms with Crippen molar-refractivity contribution in [2.45, 2.75) is 26.1 Å². The number of anilines is 1. The quantitative estimate of drug-likeness (QED) is 0.825. The van der Waals surface area contributed by atoms with Crippen LogP contribution in [0.2, 0.25) is 0 Å². The van der Waals surface area contributed by atoms with Gasteiger partial charge >= 0.3 is 0 Å². The van der Waals surface area contributed by atoms with E-state index in [1.54, 1.807) is 7.11 Å². The Morgan fingerprint density at radius 2 is 1.76 bits per heavy atom. The number of carbonyl (C=O) groups excluding carboxylic acids is 1. The third-order valence-electron chi connectivity index (χ3n) is 4.91. The Bertz CT molecular complexity index is 577. The molecule has 2 fully saturated rings. The molecule has 0 aromatic heterocycles. The number of carbonyl (C=O) groups is 1. The van der Waals surface area contributed by atoms with Gasteiger partial charge in [-0.2, -0.15) is 0 Å². The summed E-state index contributed by atoms with van der Waals surface area (Å²) in [5.74, 6) is 1.11. The zero-order valence-corrected chi connectivity index (χ0v) is 15.5. The molecule has 0 bridgehead atoms. The first-order valence-corrected chi connectivity index (χ1v) is 9.10. The topological polar surface area (TPSA) is 45.2 Å². The van der Waals surface area contributed by atoms with E-state index in [-0.39, 0.29) is 18.1 Å². The molecule has 0 radical (unpaired) electrons. The van der Waals surface area contributed by atoms with Gasteiger partial charge in [-0.15, -0.1) is 0 Å². The lowest BCUT2D eigenvalue weighted by atomic mass is 10.2. The van der Waals surface area contributed by atoms with Crippen molar-refractivity contribution in [1.29, 1.82) is 0 Å². The molecule has 0 N–H and O–H groups in total. The molecule has 138 valence electrons. The van der Waals surface area contributed by atoms with Crippen LogP contribution in [-0.2, 0) is 9.53 Å². The fourth-order valence-electron chi connectivity index (χ4n) is 3.79. The summed E-state index contributed by atoms with van der Waals surface area (Å²) in [5.41, 5.74) is 1.10. The largest absolute Gasteiger partial charge is 0.495 e. The smallest absolute Gasteiger partial charge is 0.236 e. The summed E-state index contributed by atoms with van der Waals surface area (Å²) in [5, 5.41) is 0. The van der Waals surface area contributed by atoms with Crippen LogP contribution < -0.4 is 9.64 Å². The summed E-state index contributed by atoms with van der Waals surface area (Å²) in [7, 11) is 1.70. The van der Waals surface area contributed by atoms with Crippen molar-refractivity contribution in [1.82, 2.24) is 9.80 Å². The zero-order chi connectivity index (χ0) is 17.8. The summed E-state index contributed by atoms with van der Waals surface area (Å²) in [6.07, 6.45) is 0.387. The van der Waals surface area contributed by atoms with Crippen molar-refractivity contribution in [3.8, 4) is 5.75 Å². The minimum atomic E-state index is 0.193. The standard InChI is InChI=1S/C19H29N3O3/c1-15-12-20(13-16(2)25-15)14-19(23)22-10-8-21(9-11-22)17-6-4-5-7-18(17)24-3/h4-7,15-16H,8-14H2,1-3H3/t15-,16-/m0/s1. The number of piperazine rings is 1. The van der Waals surface area contributed by atoms with E-state index in [1.807, 2.05) is 23.1 Å². The number of hydrogen-bond acceptors (Lipinski definition) is 5. The lowest BCUT2D eigenvalue weighted by Gasteiger charge is -2.39. The predicted octanol–water partition coefficient (Wildman–Crippen LogP) is 1.45. The van der Waals surface area contributed by atoms with Gasteiger partial charge in [0.25, 0.3) is 0 Å². The Hall–Kier alpha value is -1.79. The molecule has 6 heteroatoms. The SMILES string of the molecule is COc1ccccc1N1CCN(C(=O)CN2C[C@H](C)O[C@@H](C)C2)CC1. The minimum absolute atomic E-state index is 0.193. The molecule has 2 saturated heterocycles. The highest BCUT2D eigenvalue weighted by atomic mass is 16.5. The summed E-state index contributed by atoms with van der Waals surface area (Å²) in [6.45, 7) is 9.47. The summed E-state index contributed by atoms with van der Waals surface area (Å²) in [4.78, 5) is 19.1. The van der Waals surface area contributed by atoms with Crippen LogP contribution in [0.15, 0.2) is 24.3 Å². The van der Waals surface area contributed by atoms with E-state index in [0.717, 1.165) is 50.7 Å². The van der Waals surface area contributed by atoms with Crippen molar-refractivity contribution in [2.75, 3.05) is 57.8 Å². The average molecular weight is 347 g/mol. The number of benzene rings is 1. The second-order valence-electron chi connectivity index (χ2n) is 6.99. The van der Waals surface area contributed by atoms with Crippen LogP contribution in [0.25, 0.3) is 0 Å². The number of rotatable bonds is 4. The molecule has 2 atom stereocenters. The summed E-state index contributed by atoms with van der Waals surface area (Å²) < 4.78 is 11.2. The molecule has 25 heavy (non-hydrogen) atoms. The highest BCUT2D eigenvalue weighted by Crippen LogP contribution is 2.28. The molecule has 2 aliphatic rings. The van der Waals surface area contributed by atoms with Gasteiger partial charge in [0.2, 0.25) is 5.91 Å². The van der Waals surface area contributed by atoms with Crippen LogP contribution in [0, 0.1) is 0 Å². The van der Waals surface area contributed by atoms with E-state index in [2.05, 4.69) is 29.7 Å². The van der Waals surface area contributed by atoms with Gasteiger partial charge in [0.15, 0.2) is 0 Å². The normalized spacial score (nSPS) is 25.1. The molecule has 1 amide bonds. The molecule has 2 aliphatic heterocycles. The fraction of sp³-hybridized carbons (Fsp3) is 0.632. The predicted molar refractivity (Wildman–Crippen MR) is 98.2 cm³/mol. The third-order valence-corrected chi connectivity index (χ3v) is 4.91. The van der Waals surface area contributed by atoms with Crippen LogP contribution in [0.5, 0.6) is 5.75 Å². The number of hydrogen-bond donors (Lipinski definition) is 0. The van der Waals surface area contributed by atoms with Crippen molar-refractivity contribution in [3.63, 3.8) is 0 Å². The molecule has 0 spiro atoms. The van der Waals surface area contributed by atoms with E-state index in [1.165, 1.54) is 0 Å². The number of morpholine rings is 1. The molecule has 6 nitrogen and oxygen atoms in total. The Balaban J connectivity index is 1.52. The van der Waals surface area contributed by atoms with Crippen molar-refractivity contribution in [2.24, 2.45) is 0 Å².